The molecule has 1 N–H and O–H groups in total. The van der Waals surface area contributed by atoms with Crippen molar-refractivity contribution in [2.45, 2.75) is 32.6 Å². The average molecular weight is 431 g/mol. The Morgan fingerprint density at radius 1 is 1.12 bits per heavy atom. The van der Waals surface area contributed by atoms with E-state index in [9.17, 15) is 4.79 Å². The number of nitrogens with zero attached hydrogens (tertiary/aromatic N) is 3. The number of anilines is 2. The van der Waals surface area contributed by atoms with Crippen LogP contribution in [0.5, 0.6) is 0 Å². The molecule has 0 saturated carbocycles. The Bertz CT molecular complexity index is 1180. The van der Waals surface area contributed by atoms with E-state index in [-0.39, 0.29) is 5.78 Å². The summed E-state index contributed by atoms with van der Waals surface area (Å²) < 4.78 is 5.91. The molecule has 3 heterocycles. The van der Waals surface area contributed by atoms with E-state index in [1.54, 1.807) is 0 Å². The minimum absolute atomic E-state index is 0.0588. The van der Waals surface area contributed by atoms with Crippen LogP contribution in [0.2, 0.25) is 0 Å². The Balaban J connectivity index is 1.46. The first-order valence-electron chi connectivity index (χ1n) is 12.0. The highest BCUT2D eigenvalue weighted by molar-refractivity contribution is 6.28. The number of piperidine rings is 1. The topological polar surface area (TPSA) is 61.6 Å². The molecule has 32 heavy (non-hydrogen) atoms. The lowest BCUT2D eigenvalue weighted by molar-refractivity contribution is 0.104. The maximum atomic E-state index is 13.6. The van der Waals surface area contributed by atoms with Crippen LogP contribution in [0.25, 0.3) is 22.2 Å². The summed E-state index contributed by atoms with van der Waals surface area (Å²) in [5, 5.41) is 9.00. The Kier molecular flexibility index (Phi) is 4.90. The lowest BCUT2D eigenvalue weighted by atomic mass is 9.86. The number of fused-ring (bicyclic) bond motifs is 2. The lowest BCUT2D eigenvalue weighted by Crippen LogP contribution is -2.34. The van der Waals surface area contributed by atoms with Crippen LogP contribution in [-0.4, -0.2) is 55.1 Å². The highest BCUT2D eigenvalue weighted by Crippen LogP contribution is 2.46. The van der Waals surface area contributed by atoms with Crippen molar-refractivity contribution in [2.75, 3.05) is 49.5 Å². The smallest absolute Gasteiger partial charge is 0.196 e. The third kappa shape index (κ3) is 3.20. The maximum Gasteiger partial charge on any atom is 0.196 e. The van der Waals surface area contributed by atoms with Gasteiger partial charge in [0.2, 0.25) is 0 Å². The number of carbonyl (C=O) groups excluding carboxylic acids is 1. The van der Waals surface area contributed by atoms with Gasteiger partial charge in [-0.15, -0.1) is 0 Å². The first kappa shape index (κ1) is 19.8. The second-order valence-electron chi connectivity index (χ2n) is 9.60. The summed E-state index contributed by atoms with van der Waals surface area (Å²) in [6, 6.07) is 9.88. The van der Waals surface area contributed by atoms with Gasteiger partial charge in [-0.3, -0.25) is 4.79 Å². The quantitative estimate of drug-likeness (QED) is 0.492. The SMILES string of the molecule is C[C@H]1CCCN(c2cc(NCCN3CCCC3)c3c4c(onc24)-c2ccccc2C3=O)C1. The average Bonchev–Trinajstić information content (AvgIpc) is 3.48. The number of rotatable bonds is 5. The predicted octanol–water partition coefficient (Wildman–Crippen LogP) is 4.78. The minimum Gasteiger partial charge on any atom is -0.383 e. The van der Waals surface area contributed by atoms with E-state index in [1.807, 2.05) is 24.3 Å². The number of benzene rings is 2. The van der Waals surface area contributed by atoms with Gasteiger partial charge in [0.05, 0.1) is 16.6 Å². The number of hydrogen-bond donors (Lipinski definition) is 1. The molecule has 0 amide bonds. The first-order chi connectivity index (χ1) is 15.7. The summed E-state index contributed by atoms with van der Waals surface area (Å²) in [5.74, 6) is 1.43. The molecule has 3 aliphatic rings. The third-order valence-electron chi connectivity index (χ3n) is 7.32. The van der Waals surface area contributed by atoms with Crippen LogP contribution in [0.15, 0.2) is 34.9 Å². The highest BCUT2D eigenvalue weighted by Gasteiger charge is 2.34. The van der Waals surface area contributed by atoms with Crippen LogP contribution in [0, 0.1) is 5.92 Å². The molecule has 2 aliphatic heterocycles. The predicted molar refractivity (Wildman–Crippen MR) is 128 cm³/mol. The van der Waals surface area contributed by atoms with Crippen molar-refractivity contribution >= 4 is 28.1 Å². The van der Waals surface area contributed by atoms with Gasteiger partial charge in [-0.1, -0.05) is 36.3 Å². The molecule has 1 aromatic heterocycles. The third-order valence-corrected chi connectivity index (χ3v) is 7.32. The molecular weight excluding hydrogens is 400 g/mol. The van der Waals surface area contributed by atoms with Crippen molar-refractivity contribution in [3.05, 3.63) is 41.5 Å². The van der Waals surface area contributed by atoms with Gasteiger partial charge in [-0.2, -0.15) is 0 Å². The second-order valence-corrected chi connectivity index (χ2v) is 9.60. The number of nitrogens with one attached hydrogen (secondary N) is 1. The van der Waals surface area contributed by atoms with Gasteiger partial charge >= 0.3 is 0 Å². The molecule has 3 aromatic rings. The van der Waals surface area contributed by atoms with Crippen molar-refractivity contribution in [3.8, 4) is 11.3 Å². The Hall–Kier alpha value is -2.86. The van der Waals surface area contributed by atoms with Gasteiger partial charge in [-0.25, -0.2) is 0 Å². The lowest BCUT2D eigenvalue weighted by Gasteiger charge is -2.33. The van der Waals surface area contributed by atoms with Crippen molar-refractivity contribution in [2.24, 2.45) is 5.92 Å². The van der Waals surface area contributed by atoms with Gasteiger partial charge in [-0.05, 0) is 50.8 Å². The Morgan fingerprint density at radius 2 is 1.94 bits per heavy atom. The standard InChI is InChI=1S/C26H30N4O2/c1-17-7-6-13-30(16-17)21-15-20(27-10-14-29-11-4-5-12-29)22-23-24(21)28-32-26(23)19-9-3-2-8-18(19)25(22)31/h2-3,8-9,15,17,27H,4-7,10-14,16H2,1H3/t17-/m0/s1. The molecule has 0 unspecified atom stereocenters. The zero-order chi connectivity index (χ0) is 21.7. The second kappa shape index (κ2) is 7.93. The Morgan fingerprint density at radius 3 is 2.75 bits per heavy atom. The van der Waals surface area contributed by atoms with E-state index < -0.39 is 0 Å². The summed E-state index contributed by atoms with van der Waals surface area (Å²) in [4.78, 5) is 18.6. The molecule has 166 valence electrons. The molecule has 6 nitrogen and oxygen atoms in total. The van der Waals surface area contributed by atoms with Crippen molar-refractivity contribution in [3.63, 3.8) is 0 Å². The highest BCUT2D eigenvalue weighted by atomic mass is 16.5. The number of ketones is 1. The van der Waals surface area contributed by atoms with Gasteiger partial charge < -0.3 is 19.6 Å². The van der Waals surface area contributed by atoms with Gasteiger partial charge in [0.1, 0.15) is 5.52 Å². The molecule has 0 spiro atoms. The fourth-order valence-corrected chi connectivity index (χ4v) is 5.69. The van der Waals surface area contributed by atoms with Gasteiger partial charge in [0.25, 0.3) is 0 Å². The van der Waals surface area contributed by atoms with Crippen LogP contribution in [0.4, 0.5) is 11.4 Å². The zero-order valence-corrected chi connectivity index (χ0v) is 18.7. The summed E-state index contributed by atoms with van der Waals surface area (Å²) in [6.07, 6.45) is 5.00. The van der Waals surface area contributed by atoms with Crippen LogP contribution in [-0.2, 0) is 0 Å². The molecule has 6 heteroatoms. The number of carbonyl (C=O) groups is 1. The zero-order valence-electron chi connectivity index (χ0n) is 18.7. The van der Waals surface area contributed by atoms with E-state index in [0.29, 0.717) is 17.0 Å². The molecule has 1 atom stereocenters. The van der Waals surface area contributed by atoms with Crippen LogP contribution in [0.3, 0.4) is 0 Å². The van der Waals surface area contributed by atoms with Crippen molar-refractivity contribution in [1.82, 2.24) is 10.1 Å². The van der Waals surface area contributed by atoms with E-state index in [4.69, 9.17) is 4.52 Å². The Labute approximate surface area is 188 Å². The van der Waals surface area contributed by atoms with Crippen LogP contribution >= 0.6 is 0 Å². The number of aromatic nitrogens is 1. The fourth-order valence-electron chi connectivity index (χ4n) is 5.69. The minimum atomic E-state index is 0.0588. The van der Waals surface area contributed by atoms with Gasteiger partial charge in [0.15, 0.2) is 11.5 Å². The van der Waals surface area contributed by atoms with Crippen LogP contribution in [0.1, 0.15) is 48.5 Å². The van der Waals surface area contributed by atoms with Crippen molar-refractivity contribution in [1.29, 1.82) is 0 Å². The molecule has 0 radical (unpaired) electrons. The van der Waals surface area contributed by atoms with Crippen LogP contribution < -0.4 is 10.2 Å². The summed E-state index contributed by atoms with van der Waals surface area (Å²) in [7, 11) is 0. The molecule has 2 saturated heterocycles. The molecule has 2 aromatic carbocycles. The first-order valence-corrected chi connectivity index (χ1v) is 12.0. The number of hydrogen-bond acceptors (Lipinski definition) is 6. The van der Waals surface area contributed by atoms with E-state index in [0.717, 1.165) is 59.8 Å². The molecule has 1 aliphatic carbocycles. The molecular formula is C26H30N4O2. The molecule has 2 fully saturated rings. The summed E-state index contributed by atoms with van der Waals surface area (Å²) in [6.45, 7) is 8.50. The molecule has 0 bridgehead atoms. The summed E-state index contributed by atoms with van der Waals surface area (Å²) in [5.41, 5.74) is 5.07. The van der Waals surface area contributed by atoms with Crippen molar-refractivity contribution < 1.29 is 9.32 Å². The van der Waals surface area contributed by atoms with E-state index in [1.165, 1.54) is 38.8 Å². The normalized spacial score (nSPS) is 20.7. The largest absolute Gasteiger partial charge is 0.383 e. The number of likely N-dealkylation sites (tertiary alicyclic amines) is 1. The molecule has 6 rings (SSSR count). The monoisotopic (exact) mass is 430 g/mol. The fraction of sp³-hybridized carbons (Fsp3) is 0.462. The van der Waals surface area contributed by atoms with Gasteiger partial charge in [0, 0.05) is 43.0 Å². The maximum absolute atomic E-state index is 13.6. The van der Waals surface area contributed by atoms with E-state index in [2.05, 4.69) is 33.3 Å². The summed E-state index contributed by atoms with van der Waals surface area (Å²) >= 11 is 0. The van der Waals surface area contributed by atoms with E-state index >= 15 is 0 Å².